The van der Waals surface area contributed by atoms with Gasteiger partial charge < -0.3 is 4.74 Å². The van der Waals surface area contributed by atoms with Crippen LogP contribution in [0.4, 0.5) is 0 Å². The number of para-hydroxylation sites is 1. The van der Waals surface area contributed by atoms with Crippen molar-refractivity contribution < 1.29 is 4.74 Å². The summed E-state index contributed by atoms with van der Waals surface area (Å²) in [6, 6.07) is 16.7. The molecule has 0 aliphatic carbocycles. The molecule has 2 aromatic heterocycles. The van der Waals surface area contributed by atoms with E-state index >= 15 is 0 Å². The Kier molecular flexibility index (Phi) is 3.56. The molecule has 6 heteroatoms. The number of aromatic amines is 1. The summed E-state index contributed by atoms with van der Waals surface area (Å²) in [5.41, 5.74) is 6.18. The van der Waals surface area contributed by atoms with Crippen LogP contribution >= 0.6 is 0 Å². The lowest BCUT2D eigenvalue weighted by Crippen LogP contribution is -2.14. The van der Waals surface area contributed by atoms with E-state index in [4.69, 9.17) is 15.0 Å². The van der Waals surface area contributed by atoms with Crippen molar-refractivity contribution in [1.82, 2.24) is 14.6 Å². The number of nitrogens with zero attached hydrogens (tertiary/aromatic N) is 3. The highest BCUT2D eigenvalue weighted by Crippen LogP contribution is 2.38. The number of rotatable bonds is 2. The molecule has 0 bridgehead atoms. The first kappa shape index (κ1) is 16.3. The standard InChI is InChI=1S/C22H16N4O2/c1-13-20(17-4-2-3-16-9-10-28-21(16)17)25-26-19(27)11-18(24-22(13)26)15-7-5-14(12-23)6-8-15/h2-8,11,25H,9-10H2,1H3. The molecule has 28 heavy (non-hydrogen) atoms. The normalized spacial score (nSPS) is 12.6. The Hall–Kier alpha value is -3.85. The van der Waals surface area contributed by atoms with E-state index in [-0.39, 0.29) is 5.56 Å². The summed E-state index contributed by atoms with van der Waals surface area (Å²) < 4.78 is 7.29. The van der Waals surface area contributed by atoms with Gasteiger partial charge in [0.1, 0.15) is 5.75 Å². The van der Waals surface area contributed by atoms with Crippen LogP contribution in [0.1, 0.15) is 16.7 Å². The number of nitrogens with one attached hydrogen (secondary N) is 1. The molecule has 0 saturated heterocycles. The lowest BCUT2D eigenvalue weighted by Gasteiger charge is -2.06. The molecule has 136 valence electrons. The zero-order valence-electron chi connectivity index (χ0n) is 15.2. The fraction of sp³-hybridized carbons (Fsp3) is 0.136. The fourth-order valence-electron chi connectivity index (χ4n) is 3.69. The van der Waals surface area contributed by atoms with E-state index in [1.807, 2.05) is 19.1 Å². The molecule has 1 aliphatic rings. The Morgan fingerprint density at radius 2 is 2.04 bits per heavy atom. The zero-order valence-corrected chi connectivity index (χ0v) is 15.2. The van der Waals surface area contributed by atoms with Gasteiger partial charge in [-0.3, -0.25) is 9.89 Å². The molecule has 0 radical (unpaired) electrons. The third-order valence-corrected chi connectivity index (χ3v) is 5.15. The van der Waals surface area contributed by atoms with Crippen LogP contribution in [0, 0.1) is 18.3 Å². The molecule has 4 aromatic rings. The van der Waals surface area contributed by atoms with Gasteiger partial charge in [-0.2, -0.15) is 5.26 Å². The van der Waals surface area contributed by atoms with E-state index in [2.05, 4.69) is 17.2 Å². The topological polar surface area (TPSA) is 83.2 Å². The highest BCUT2D eigenvalue weighted by atomic mass is 16.5. The number of nitriles is 1. The first-order valence-corrected chi connectivity index (χ1v) is 9.03. The number of aryl methyl sites for hydroxylation is 1. The van der Waals surface area contributed by atoms with E-state index in [9.17, 15) is 4.79 Å². The molecular formula is C22H16N4O2. The number of H-pyrrole nitrogens is 1. The number of hydrogen-bond acceptors (Lipinski definition) is 4. The van der Waals surface area contributed by atoms with E-state index in [0.29, 0.717) is 23.5 Å². The SMILES string of the molecule is Cc1c(-c2cccc3c2OCC3)[nH]n2c(=O)cc(-c3ccc(C#N)cc3)nc12. The molecular weight excluding hydrogens is 352 g/mol. The largest absolute Gasteiger partial charge is 0.492 e. The summed E-state index contributed by atoms with van der Waals surface area (Å²) in [5.74, 6) is 0.873. The van der Waals surface area contributed by atoms with Crippen LogP contribution in [0.2, 0.25) is 0 Å². The minimum Gasteiger partial charge on any atom is -0.492 e. The summed E-state index contributed by atoms with van der Waals surface area (Å²) in [7, 11) is 0. The number of fused-ring (bicyclic) bond motifs is 2. The quantitative estimate of drug-likeness (QED) is 0.587. The molecule has 1 aliphatic heterocycles. The van der Waals surface area contributed by atoms with Crippen molar-refractivity contribution in [2.45, 2.75) is 13.3 Å². The lowest BCUT2D eigenvalue weighted by molar-refractivity contribution is 0.358. The molecule has 0 spiro atoms. The molecule has 3 heterocycles. The maximum atomic E-state index is 12.7. The van der Waals surface area contributed by atoms with Gasteiger partial charge in [-0.15, -0.1) is 0 Å². The molecule has 0 amide bonds. The van der Waals surface area contributed by atoms with Crippen molar-refractivity contribution in [3.8, 4) is 34.3 Å². The van der Waals surface area contributed by atoms with Crippen molar-refractivity contribution in [3.05, 3.63) is 75.6 Å². The highest BCUT2D eigenvalue weighted by molar-refractivity contribution is 5.77. The number of aromatic nitrogens is 3. The Balaban J connectivity index is 1.70. The van der Waals surface area contributed by atoms with Crippen LogP contribution in [0.25, 0.3) is 28.2 Å². The van der Waals surface area contributed by atoms with Crippen molar-refractivity contribution in [2.75, 3.05) is 6.61 Å². The van der Waals surface area contributed by atoms with Crippen LogP contribution in [-0.4, -0.2) is 21.2 Å². The minimum absolute atomic E-state index is 0.188. The van der Waals surface area contributed by atoms with Crippen LogP contribution in [0.3, 0.4) is 0 Å². The summed E-state index contributed by atoms with van der Waals surface area (Å²) in [4.78, 5) is 17.4. The number of benzene rings is 2. The second kappa shape index (κ2) is 6.10. The van der Waals surface area contributed by atoms with Crippen molar-refractivity contribution in [1.29, 1.82) is 5.26 Å². The predicted molar refractivity (Wildman–Crippen MR) is 105 cm³/mol. The van der Waals surface area contributed by atoms with E-state index in [0.717, 1.165) is 34.6 Å². The van der Waals surface area contributed by atoms with E-state index in [1.165, 1.54) is 16.1 Å². The average Bonchev–Trinajstić information content (AvgIpc) is 3.33. The summed E-state index contributed by atoms with van der Waals surface area (Å²) in [5, 5.41) is 12.2. The molecule has 0 unspecified atom stereocenters. The van der Waals surface area contributed by atoms with Gasteiger partial charge in [-0.25, -0.2) is 9.50 Å². The lowest BCUT2D eigenvalue weighted by atomic mass is 10.0. The van der Waals surface area contributed by atoms with Gasteiger partial charge in [0.25, 0.3) is 5.56 Å². The Bertz CT molecular complexity index is 1320. The molecule has 1 N–H and O–H groups in total. The summed E-state index contributed by atoms with van der Waals surface area (Å²) >= 11 is 0. The number of ether oxygens (including phenoxy) is 1. The van der Waals surface area contributed by atoms with E-state index < -0.39 is 0 Å². The summed E-state index contributed by atoms with van der Waals surface area (Å²) in [6.45, 7) is 2.62. The van der Waals surface area contributed by atoms with Crippen molar-refractivity contribution in [3.63, 3.8) is 0 Å². The van der Waals surface area contributed by atoms with Crippen LogP contribution in [0.15, 0.2) is 53.3 Å². The third kappa shape index (κ3) is 2.41. The molecule has 0 saturated carbocycles. The Morgan fingerprint density at radius 1 is 1.21 bits per heavy atom. The molecule has 6 nitrogen and oxygen atoms in total. The van der Waals surface area contributed by atoms with Gasteiger partial charge >= 0.3 is 0 Å². The van der Waals surface area contributed by atoms with Gasteiger partial charge in [0.15, 0.2) is 5.65 Å². The van der Waals surface area contributed by atoms with Crippen molar-refractivity contribution >= 4 is 5.65 Å². The highest BCUT2D eigenvalue weighted by Gasteiger charge is 2.21. The molecule has 0 atom stereocenters. The van der Waals surface area contributed by atoms with Crippen LogP contribution < -0.4 is 10.3 Å². The maximum Gasteiger partial charge on any atom is 0.273 e. The molecule has 2 aromatic carbocycles. The predicted octanol–water partition coefficient (Wildman–Crippen LogP) is 3.47. The Labute approximate surface area is 160 Å². The maximum absolute atomic E-state index is 12.7. The molecule has 5 rings (SSSR count). The molecule has 0 fully saturated rings. The Morgan fingerprint density at radius 3 is 2.82 bits per heavy atom. The van der Waals surface area contributed by atoms with Gasteiger partial charge in [-0.1, -0.05) is 24.3 Å². The number of hydrogen-bond donors (Lipinski definition) is 1. The van der Waals surface area contributed by atoms with Crippen LogP contribution in [-0.2, 0) is 6.42 Å². The second-order valence-electron chi connectivity index (χ2n) is 6.83. The van der Waals surface area contributed by atoms with Crippen LogP contribution in [0.5, 0.6) is 5.75 Å². The van der Waals surface area contributed by atoms with Gasteiger partial charge in [0.05, 0.1) is 29.6 Å². The smallest absolute Gasteiger partial charge is 0.273 e. The van der Waals surface area contributed by atoms with Gasteiger partial charge in [0, 0.05) is 29.2 Å². The third-order valence-electron chi connectivity index (χ3n) is 5.15. The summed E-state index contributed by atoms with van der Waals surface area (Å²) in [6.07, 6.45) is 0.892. The first-order chi connectivity index (χ1) is 13.7. The zero-order chi connectivity index (χ0) is 19.3. The monoisotopic (exact) mass is 368 g/mol. The fourth-order valence-corrected chi connectivity index (χ4v) is 3.69. The van der Waals surface area contributed by atoms with E-state index in [1.54, 1.807) is 24.3 Å². The average molecular weight is 368 g/mol. The minimum atomic E-state index is -0.188. The van der Waals surface area contributed by atoms with Crippen molar-refractivity contribution in [2.24, 2.45) is 0 Å². The van der Waals surface area contributed by atoms with Gasteiger partial charge in [0.2, 0.25) is 0 Å². The second-order valence-corrected chi connectivity index (χ2v) is 6.83. The van der Waals surface area contributed by atoms with Gasteiger partial charge in [-0.05, 0) is 30.7 Å². The first-order valence-electron chi connectivity index (χ1n) is 9.03.